The Morgan fingerprint density at radius 1 is 1.70 bits per heavy atom. The van der Waals surface area contributed by atoms with E-state index in [0.29, 0.717) is 0 Å². The molecule has 0 atom stereocenters. The van der Waals surface area contributed by atoms with Gasteiger partial charge in [-0.05, 0) is 12.1 Å². The van der Waals surface area contributed by atoms with Crippen LogP contribution < -0.4 is 5.73 Å². The van der Waals surface area contributed by atoms with E-state index in [2.05, 4.69) is 4.98 Å². The smallest absolute Gasteiger partial charge is 0.339 e. The highest BCUT2D eigenvalue weighted by Crippen LogP contribution is 2.06. The lowest BCUT2D eigenvalue weighted by Crippen LogP contribution is -1.98. The van der Waals surface area contributed by atoms with Crippen LogP contribution in [0.4, 0.5) is 5.82 Å². The molecule has 10 heavy (non-hydrogen) atoms. The topological polar surface area (TPSA) is 74.0 Å². The van der Waals surface area contributed by atoms with Crippen LogP contribution in [0.2, 0.25) is 0 Å². The Morgan fingerprint density at radius 2 is 2.40 bits per heavy atom. The number of aromatic carboxylic acids is 1. The van der Waals surface area contributed by atoms with Gasteiger partial charge in [0.15, 0.2) is 5.82 Å². The first kappa shape index (κ1) is 6.54. The minimum Gasteiger partial charge on any atom is -0.478 e. The lowest BCUT2D eigenvalue weighted by molar-refractivity contribution is 0.0697. The Balaban J connectivity index is 3.15. The van der Waals surface area contributed by atoms with E-state index in [1.54, 1.807) is 0 Å². The number of nitrogens with zero attached hydrogens (tertiary/aromatic N) is 1. The number of carboxylic acids is 1. The Morgan fingerprint density at radius 3 is 2.80 bits per heavy atom. The van der Waals surface area contributed by atoms with E-state index >= 15 is 0 Å². The molecule has 2 N–H and O–H groups in total. The van der Waals surface area contributed by atoms with Crippen molar-refractivity contribution in [2.24, 2.45) is 0 Å². The van der Waals surface area contributed by atoms with Gasteiger partial charge in [0, 0.05) is 6.20 Å². The van der Waals surface area contributed by atoms with Crippen LogP contribution in [0.3, 0.4) is 0 Å². The number of hydrogen-bond acceptors (Lipinski definition) is 2. The fourth-order valence-electron chi connectivity index (χ4n) is 0.578. The van der Waals surface area contributed by atoms with Crippen molar-refractivity contribution in [2.75, 3.05) is 0 Å². The second-order valence-corrected chi connectivity index (χ2v) is 1.70. The first-order valence-corrected chi connectivity index (χ1v) is 2.61. The molecule has 4 nitrogen and oxygen atoms in total. The van der Waals surface area contributed by atoms with Crippen LogP contribution in [-0.4, -0.2) is 16.1 Å². The minimum atomic E-state index is -1.11. The van der Waals surface area contributed by atoms with E-state index in [1.165, 1.54) is 18.3 Å². The number of carboxylic acid groups (broad SMARTS) is 1. The fourth-order valence-corrected chi connectivity index (χ4v) is 0.578. The summed E-state index contributed by atoms with van der Waals surface area (Å²) in [5.41, 5.74) is 6.94. The third-order valence-electron chi connectivity index (χ3n) is 1.04. The average Bonchev–Trinajstić information content (AvgIpc) is 1.88. The zero-order chi connectivity index (χ0) is 7.56. The van der Waals surface area contributed by atoms with Crippen LogP contribution in [0.25, 0.3) is 0 Å². The van der Waals surface area contributed by atoms with Gasteiger partial charge in [-0.3, -0.25) is 5.73 Å². The molecule has 4 heteroatoms. The molecule has 0 aromatic carbocycles. The summed E-state index contributed by atoms with van der Waals surface area (Å²) < 4.78 is 0. The number of pyridine rings is 1. The van der Waals surface area contributed by atoms with Crippen molar-refractivity contribution in [3.63, 3.8) is 0 Å². The zero-order valence-corrected chi connectivity index (χ0v) is 5.03. The standard InChI is InChI=1S/C6H5N2O2/c7-5-4(6(9)10)2-1-3-8-5/h1-3,7H,(H,9,10). The predicted octanol–water partition coefficient (Wildman–Crippen LogP) is 0.694. The normalized spacial score (nSPS) is 9.20. The van der Waals surface area contributed by atoms with Crippen molar-refractivity contribution in [3.8, 4) is 0 Å². The molecule has 1 radical (unpaired) electrons. The van der Waals surface area contributed by atoms with E-state index in [4.69, 9.17) is 10.8 Å². The molecule has 0 saturated heterocycles. The van der Waals surface area contributed by atoms with Gasteiger partial charge in [0.05, 0.1) is 0 Å². The van der Waals surface area contributed by atoms with Crippen LogP contribution in [0, 0.1) is 0 Å². The summed E-state index contributed by atoms with van der Waals surface area (Å²) in [5.74, 6) is -1.31. The van der Waals surface area contributed by atoms with E-state index in [1.807, 2.05) is 0 Å². The molecular weight excluding hydrogens is 132 g/mol. The second kappa shape index (κ2) is 2.34. The molecule has 0 spiro atoms. The van der Waals surface area contributed by atoms with Gasteiger partial charge in [-0.15, -0.1) is 0 Å². The van der Waals surface area contributed by atoms with Crippen LogP contribution in [0.15, 0.2) is 18.3 Å². The molecule has 51 valence electrons. The number of carbonyl (C=O) groups is 1. The van der Waals surface area contributed by atoms with Gasteiger partial charge >= 0.3 is 5.97 Å². The second-order valence-electron chi connectivity index (χ2n) is 1.70. The Kier molecular flexibility index (Phi) is 1.53. The van der Waals surface area contributed by atoms with E-state index in [0.717, 1.165) is 0 Å². The van der Waals surface area contributed by atoms with Gasteiger partial charge in [-0.1, -0.05) is 0 Å². The van der Waals surface area contributed by atoms with Gasteiger partial charge in [0.1, 0.15) is 5.56 Å². The first-order chi connectivity index (χ1) is 4.72. The largest absolute Gasteiger partial charge is 0.478 e. The third-order valence-corrected chi connectivity index (χ3v) is 1.04. The van der Waals surface area contributed by atoms with E-state index in [-0.39, 0.29) is 11.4 Å². The highest BCUT2D eigenvalue weighted by Gasteiger charge is 2.06. The van der Waals surface area contributed by atoms with Crippen molar-refractivity contribution in [1.29, 1.82) is 0 Å². The van der Waals surface area contributed by atoms with Crippen LogP contribution in [0.1, 0.15) is 10.4 Å². The molecule has 0 aliphatic heterocycles. The molecule has 0 bridgehead atoms. The SMILES string of the molecule is [NH]c1ncccc1C(=O)O. The average molecular weight is 137 g/mol. The molecule has 0 unspecified atom stereocenters. The molecule has 0 amide bonds. The lowest BCUT2D eigenvalue weighted by Gasteiger charge is -1.94. The summed E-state index contributed by atoms with van der Waals surface area (Å²) in [5, 5.41) is 8.41. The zero-order valence-electron chi connectivity index (χ0n) is 5.03. The molecule has 1 heterocycles. The highest BCUT2D eigenvalue weighted by molar-refractivity contribution is 5.91. The number of nitrogens with one attached hydrogen (secondary N) is 1. The van der Waals surface area contributed by atoms with Gasteiger partial charge in [0.25, 0.3) is 0 Å². The maximum Gasteiger partial charge on any atom is 0.339 e. The predicted molar refractivity (Wildman–Crippen MR) is 34.0 cm³/mol. The summed E-state index contributed by atoms with van der Waals surface area (Å²) in [4.78, 5) is 13.7. The molecule has 0 saturated carbocycles. The minimum absolute atomic E-state index is 0.0671. The monoisotopic (exact) mass is 137 g/mol. The summed E-state index contributed by atoms with van der Waals surface area (Å²) >= 11 is 0. The van der Waals surface area contributed by atoms with Crippen LogP contribution in [0.5, 0.6) is 0 Å². The molecule has 1 rings (SSSR count). The molecule has 0 aliphatic rings. The summed E-state index contributed by atoms with van der Waals surface area (Å²) in [6.07, 6.45) is 1.38. The van der Waals surface area contributed by atoms with Gasteiger partial charge in [0.2, 0.25) is 0 Å². The van der Waals surface area contributed by atoms with Crippen molar-refractivity contribution in [2.45, 2.75) is 0 Å². The summed E-state index contributed by atoms with van der Waals surface area (Å²) in [6.45, 7) is 0. The van der Waals surface area contributed by atoms with Crippen molar-refractivity contribution in [3.05, 3.63) is 23.9 Å². The quantitative estimate of drug-likeness (QED) is 0.618. The highest BCUT2D eigenvalue weighted by atomic mass is 16.4. The first-order valence-electron chi connectivity index (χ1n) is 2.61. The van der Waals surface area contributed by atoms with Gasteiger partial charge in [-0.25, -0.2) is 9.78 Å². The maximum absolute atomic E-state index is 10.3. The van der Waals surface area contributed by atoms with Gasteiger partial charge < -0.3 is 5.11 Å². The third kappa shape index (κ3) is 1.05. The van der Waals surface area contributed by atoms with Gasteiger partial charge in [-0.2, -0.15) is 0 Å². The fraction of sp³-hybridized carbons (Fsp3) is 0. The molecule has 0 aliphatic carbocycles. The lowest BCUT2D eigenvalue weighted by atomic mass is 10.3. The summed E-state index contributed by atoms with van der Waals surface area (Å²) in [7, 11) is 0. The summed E-state index contributed by atoms with van der Waals surface area (Å²) in [6, 6.07) is 2.83. The van der Waals surface area contributed by atoms with Crippen LogP contribution in [-0.2, 0) is 0 Å². The number of rotatable bonds is 1. The maximum atomic E-state index is 10.3. The van der Waals surface area contributed by atoms with E-state index in [9.17, 15) is 4.79 Å². The van der Waals surface area contributed by atoms with Crippen molar-refractivity contribution < 1.29 is 9.90 Å². The number of hydrogen-bond donors (Lipinski definition) is 1. The Hall–Kier alpha value is -1.58. The van der Waals surface area contributed by atoms with Crippen molar-refractivity contribution >= 4 is 11.8 Å². The van der Waals surface area contributed by atoms with Crippen LogP contribution >= 0.6 is 0 Å². The van der Waals surface area contributed by atoms with E-state index < -0.39 is 5.97 Å². The Labute approximate surface area is 57.3 Å². The molecule has 0 fully saturated rings. The molecule has 1 aromatic rings. The number of aromatic nitrogens is 1. The molecular formula is C6H5N2O2. The van der Waals surface area contributed by atoms with Crippen molar-refractivity contribution in [1.82, 2.24) is 10.7 Å². The Bertz CT molecular complexity index is 260. The molecule has 1 aromatic heterocycles.